The number of carboxylic acid groups (broad SMARTS) is 1. The first kappa shape index (κ1) is 16.1. The van der Waals surface area contributed by atoms with Gasteiger partial charge in [-0.25, -0.2) is 4.79 Å². The van der Waals surface area contributed by atoms with Crippen molar-refractivity contribution in [3.05, 3.63) is 0 Å². The van der Waals surface area contributed by atoms with Crippen LogP contribution in [0.1, 0.15) is 44.9 Å². The summed E-state index contributed by atoms with van der Waals surface area (Å²) in [7, 11) is 0. The van der Waals surface area contributed by atoms with E-state index in [1.54, 1.807) is 11.8 Å². The highest BCUT2D eigenvalue weighted by atomic mass is 32.2. The minimum atomic E-state index is -0.878. The number of carbonyl (C=O) groups excluding carboxylic acids is 2. The van der Waals surface area contributed by atoms with Crippen LogP contribution in [0.2, 0.25) is 0 Å². The number of aliphatic carboxylic acids is 1. The van der Waals surface area contributed by atoms with Crippen molar-refractivity contribution in [3.63, 3.8) is 0 Å². The smallest absolute Gasteiger partial charge is 0.321 e. The topological polar surface area (TPSA) is 95.5 Å². The number of hydrogen-bond donors (Lipinski definition) is 3. The van der Waals surface area contributed by atoms with E-state index in [0.717, 1.165) is 43.6 Å². The van der Waals surface area contributed by atoms with Crippen molar-refractivity contribution in [3.8, 4) is 0 Å². The van der Waals surface area contributed by atoms with Crippen molar-refractivity contribution in [1.29, 1.82) is 0 Å². The Morgan fingerprint density at radius 1 is 1.19 bits per heavy atom. The van der Waals surface area contributed by atoms with E-state index in [1.807, 2.05) is 0 Å². The molecule has 21 heavy (non-hydrogen) atoms. The Morgan fingerprint density at radius 2 is 1.90 bits per heavy atom. The zero-order valence-electron chi connectivity index (χ0n) is 12.0. The number of carboxylic acids is 1. The highest BCUT2D eigenvalue weighted by Crippen LogP contribution is 2.43. The second-order valence-electron chi connectivity index (χ2n) is 6.04. The predicted octanol–water partition coefficient (Wildman–Crippen LogP) is 1.74. The van der Waals surface area contributed by atoms with Gasteiger partial charge in [-0.3, -0.25) is 14.9 Å². The van der Waals surface area contributed by atoms with Gasteiger partial charge in [-0.1, -0.05) is 12.8 Å². The number of carbonyl (C=O) groups is 3. The average Bonchev–Trinajstić information content (AvgIpc) is 3.00. The van der Waals surface area contributed by atoms with Gasteiger partial charge in [0.2, 0.25) is 5.91 Å². The molecule has 2 rings (SSSR count). The number of thioether (sulfide) groups is 1. The van der Waals surface area contributed by atoms with E-state index in [2.05, 4.69) is 10.6 Å². The Hall–Kier alpha value is -1.24. The molecule has 1 saturated carbocycles. The maximum absolute atomic E-state index is 12.0. The molecule has 1 saturated heterocycles. The summed E-state index contributed by atoms with van der Waals surface area (Å²) in [5, 5.41) is 14.1. The molecule has 3 amide bonds. The Bertz CT molecular complexity index is 415. The third-order valence-electron chi connectivity index (χ3n) is 4.24. The standard InChI is InChI=1S/C14H22N2O4S/c17-11(16-13(20)15-10-3-6-21-9-10)7-14(8-12(18)19)4-1-2-5-14/h10H,1-9H2,(H,18,19)(H2,15,16,17,20). The van der Waals surface area contributed by atoms with Gasteiger partial charge in [-0.05, 0) is 30.4 Å². The highest BCUT2D eigenvalue weighted by Gasteiger charge is 2.38. The molecule has 3 N–H and O–H groups in total. The Kier molecular flexibility index (Phi) is 5.50. The fraction of sp³-hybridized carbons (Fsp3) is 0.786. The van der Waals surface area contributed by atoms with Crippen LogP contribution in [0.3, 0.4) is 0 Å². The lowest BCUT2D eigenvalue weighted by molar-refractivity contribution is -0.140. The van der Waals surface area contributed by atoms with Crippen LogP contribution in [0, 0.1) is 5.41 Å². The van der Waals surface area contributed by atoms with Crippen molar-refractivity contribution >= 4 is 29.7 Å². The monoisotopic (exact) mass is 314 g/mol. The lowest BCUT2D eigenvalue weighted by Gasteiger charge is -2.26. The molecule has 0 spiro atoms. The number of imide groups is 1. The quantitative estimate of drug-likeness (QED) is 0.718. The molecule has 1 heterocycles. The molecular weight excluding hydrogens is 292 g/mol. The fourth-order valence-electron chi connectivity index (χ4n) is 3.24. The van der Waals surface area contributed by atoms with E-state index in [4.69, 9.17) is 5.11 Å². The van der Waals surface area contributed by atoms with Crippen LogP contribution in [-0.2, 0) is 9.59 Å². The van der Waals surface area contributed by atoms with Crippen molar-refractivity contribution in [1.82, 2.24) is 10.6 Å². The van der Waals surface area contributed by atoms with Crippen LogP contribution >= 0.6 is 11.8 Å². The number of nitrogens with one attached hydrogen (secondary N) is 2. The van der Waals surface area contributed by atoms with Crippen LogP contribution in [0.15, 0.2) is 0 Å². The van der Waals surface area contributed by atoms with Crippen LogP contribution < -0.4 is 10.6 Å². The summed E-state index contributed by atoms with van der Waals surface area (Å²) in [6, 6.07) is -0.335. The fourth-order valence-corrected chi connectivity index (χ4v) is 4.40. The van der Waals surface area contributed by atoms with E-state index >= 15 is 0 Å². The SMILES string of the molecule is O=C(O)CC1(CC(=O)NC(=O)NC2CCSC2)CCCC1. The van der Waals surface area contributed by atoms with Gasteiger partial charge in [-0.15, -0.1) is 0 Å². The minimum Gasteiger partial charge on any atom is -0.481 e. The second kappa shape index (κ2) is 7.15. The van der Waals surface area contributed by atoms with Gasteiger partial charge in [0, 0.05) is 18.2 Å². The Labute approximate surface area is 128 Å². The Balaban J connectivity index is 1.81. The van der Waals surface area contributed by atoms with Crippen molar-refractivity contribution < 1.29 is 19.5 Å². The number of urea groups is 1. The summed E-state index contributed by atoms with van der Waals surface area (Å²) >= 11 is 1.78. The molecule has 0 aromatic rings. The number of amides is 3. The molecule has 1 unspecified atom stereocenters. The van der Waals surface area contributed by atoms with Gasteiger partial charge in [0.15, 0.2) is 0 Å². The molecule has 7 heteroatoms. The lowest BCUT2D eigenvalue weighted by atomic mass is 9.79. The summed E-state index contributed by atoms with van der Waals surface area (Å²) in [4.78, 5) is 34.7. The molecule has 0 bridgehead atoms. The summed E-state index contributed by atoms with van der Waals surface area (Å²) in [5.41, 5.74) is -0.473. The zero-order valence-corrected chi connectivity index (χ0v) is 12.8. The first-order valence-corrected chi connectivity index (χ1v) is 8.54. The minimum absolute atomic E-state index is 0.00129. The van der Waals surface area contributed by atoms with Crippen molar-refractivity contribution in [2.75, 3.05) is 11.5 Å². The molecule has 0 radical (unpaired) electrons. The van der Waals surface area contributed by atoms with Gasteiger partial charge in [0.05, 0.1) is 6.42 Å². The summed E-state index contributed by atoms with van der Waals surface area (Å²) in [5.74, 6) is 0.656. The van der Waals surface area contributed by atoms with Gasteiger partial charge in [0.25, 0.3) is 0 Å². The largest absolute Gasteiger partial charge is 0.481 e. The molecule has 2 aliphatic rings. The molecule has 1 atom stereocenters. The summed E-state index contributed by atoms with van der Waals surface area (Å²) in [6.45, 7) is 0. The van der Waals surface area contributed by atoms with Crippen LogP contribution in [0.25, 0.3) is 0 Å². The van der Waals surface area contributed by atoms with Crippen LogP contribution in [-0.4, -0.2) is 40.6 Å². The van der Waals surface area contributed by atoms with Crippen LogP contribution in [0.4, 0.5) is 4.79 Å². The van der Waals surface area contributed by atoms with E-state index in [-0.39, 0.29) is 24.8 Å². The molecular formula is C14H22N2O4S. The van der Waals surface area contributed by atoms with Crippen LogP contribution in [0.5, 0.6) is 0 Å². The molecule has 118 valence electrons. The van der Waals surface area contributed by atoms with Gasteiger partial charge in [0.1, 0.15) is 0 Å². The van der Waals surface area contributed by atoms with E-state index < -0.39 is 17.4 Å². The average molecular weight is 314 g/mol. The summed E-state index contributed by atoms with van der Waals surface area (Å²) < 4.78 is 0. The molecule has 1 aliphatic carbocycles. The second-order valence-corrected chi connectivity index (χ2v) is 7.19. The molecule has 2 fully saturated rings. The first-order chi connectivity index (χ1) is 9.99. The number of rotatable bonds is 5. The lowest BCUT2D eigenvalue weighted by Crippen LogP contribution is -2.45. The van der Waals surface area contributed by atoms with Gasteiger partial charge < -0.3 is 10.4 Å². The first-order valence-electron chi connectivity index (χ1n) is 7.39. The van der Waals surface area contributed by atoms with E-state index in [0.29, 0.717) is 0 Å². The Morgan fingerprint density at radius 3 is 2.48 bits per heavy atom. The van der Waals surface area contributed by atoms with Gasteiger partial charge in [-0.2, -0.15) is 11.8 Å². The van der Waals surface area contributed by atoms with E-state index in [1.165, 1.54) is 0 Å². The normalized spacial score (nSPS) is 23.7. The highest BCUT2D eigenvalue weighted by molar-refractivity contribution is 7.99. The maximum Gasteiger partial charge on any atom is 0.321 e. The van der Waals surface area contributed by atoms with E-state index in [9.17, 15) is 14.4 Å². The zero-order chi connectivity index (χ0) is 15.3. The number of hydrogen-bond acceptors (Lipinski definition) is 4. The summed E-state index contributed by atoms with van der Waals surface area (Å²) in [6.07, 6.45) is 4.43. The van der Waals surface area contributed by atoms with Crippen molar-refractivity contribution in [2.45, 2.75) is 51.0 Å². The maximum atomic E-state index is 12.0. The van der Waals surface area contributed by atoms with Crippen molar-refractivity contribution in [2.24, 2.45) is 5.41 Å². The molecule has 6 nitrogen and oxygen atoms in total. The molecule has 1 aliphatic heterocycles. The third kappa shape index (κ3) is 4.91. The third-order valence-corrected chi connectivity index (χ3v) is 5.41. The van der Waals surface area contributed by atoms with Gasteiger partial charge >= 0.3 is 12.0 Å². The molecule has 0 aromatic carbocycles. The molecule has 0 aromatic heterocycles. The predicted molar refractivity (Wildman–Crippen MR) is 80.2 cm³/mol.